The van der Waals surface area contributed by atoms with E-state index < -0.39 is 0 Å². The molecule has 0 saturated heterocycles. The average Bonchev–Trinajstić information content (AvgIpc) is 3.00. The van der Waals surface area contributed by atoms with Gasteiger partial charge in [-0.05, 0) is 49.5 Å². The Morgan fingerprint density at radius 1 is 1.16 bits per heavy atom. The SMILES string of the molecule is NC1C2CCC(C2)C1C(=O)CCCc1ccccc1. The minimum atomic E-state index is 0.156. The molecule has 0 radical (unpaired) electrons. The first-order valence-corrected chi connectivity index (χ1v) is 7.58. The van der Waals surface area contributed by atoms with Gasteiger partial charge in [0, 0.05) is 18.4 Å². The number of hydrogen-bond acceptors (Lipinski definition) is 2. The van der Waals surface area contributed by atoms with Crippen LogP contribution in [-0.2, 0) is 11.2 Å². The molecule has 0 heterocycles. The van der Waals surface area contributed by atoms with Crippen LogP contribution >= 0.6 is 0 Å². The molecular weight excluding hydrogens is 234 g/mol. The lowest BCUT2D eigenvalue weighted by molar-refractivity contribution is -0.124. The Bertz CT molecular complexity index is 440. The first-order chi connectivity index (χ1) is 9.25. The van der Waals surface area contributed by atoms with E-state index in [0.717, 1.165) is 12.8 Å². The lowest BCUT2D eigenvalue weighted by Crippen LogP contribution is -2.40. The molecule has 2 heteroatoms. The summed E-state index contributed by atoms with van der Waals surface area (Å²) in [7, 11) is 0. The van der Waals surface area contributed by atoms with E-state index in [2.05, 4.69) is 24.3 Å². The number of carbonyl (C=O) groups is 1. The Labute approximate surface area is 115 Å². The van der Waals surface area contributed by atoms with Crippen molar-refractivity contribution in [3.05, 3.63) is 35.9 Å². The number of aryl methyl sites for hydroxylation is 1. The fourth-order valence-corrected chi connectivity index (χ4v) is 4.09. The molecule has 0 amide bonds. The quantitative estimate of drug-likeness (QED) is 0.881. The first kappa shape index (κ1) is 12.9. The second-order valence-electron chi connectivity index (χ2n) is 6.24. The van der Waals surface area contributed by atoms with E-state index in [1.807, 2.05) is 6.07 Å². The predicted octanol–water partition coefficient (Wildman–Crippen LogP) is 2.95. The summed E-state index contributed by atoms with van der Waals surface area (Å²) in [5, 5.41) is 0. The summed E-state index contributed by atoms with van der Waals surface area (Å²) in [6, 6.07) is 10.6. The zero-order chi connectivity index (χ0) is 13.2. The second-order valence-corrected chi connectivity index (χ2v) is 6.24. The second kappa shape index (κ2) is 5.46. The zero-order valence-corrected chi connectivity index (χ0v) is 11.4. The van der Waals surface area contributed by atoms with Gasteiger partial charge in [-0.3, -0.25) is 4.79 Å². The van der Waals surface area contributed by atoms with Gasteiger partial charge in [-0.25, -0.2) is 0 Å². The first-order valence-electron chi connectivity index (χ1n) is 7.58. The maximum Gasteiger partial charge on any atom is 0.137 e. The molecule has 4 atom stereocenters. The Balaban J connectivity index is 1.49. The maximum atomic E-state index is 12.4. The predicted molar refractivity (Wildman–Crippen MR) is 76.7 cm³/mol. The molecule has 2 N–H and O–H groups in total. The molecule has 4 unspecified atom stereocenters. The topological polar surface area (TPSA) is 43.1 Å². The van der Waals surface area contributed by atoms with Gasteiger partial charge in [0.1, 0.15) is 5.78 Å². The molecule has 2 saturated carbocycles. The lowest BCUT2D eigenvalue weighted by atomic mass is 9.80. The Morgan fingerprint density at radius 3 is 2.58 bits per heavy atom. The van der Waals surface area contributed by atoms with Gasteiger partial charge in [-0.2, -0.15) is 0 Å². The highest BCUT2D eigenvalue weighted by atomic mass is 16.1. The van der Waals surface area contributed by atoms with Crippen LogP contribution in [-0.4, -0.2) is 11.8 Å². The number of hydrogen-bond donors (Lipinski definition) is 1. The van der Waals surface area contributed by atoms with Crippen LogP contribution in [0.15, 0.2) is 30.3 Å². The van der Waals surface area contributed by atoms with Crippen LogP contribution in [0.25, 0.3) is 0 Å². The van der Waals surface area contributed by atoms with Gasteiger partial charge in [0.2, 0.25) is 0 Å². The number of Topliss-reactive ketones (excluding diaryl/α,β-unsaturated/α-hetero) is 1. The van der Waals surface area contributed by atoms with E-state index in [9.17, 15) is 4.79 Å². The molecule has 1 aromatic carbocycles. The normalized spacial score (nSPS) is 32.7. The fraction of sp³-hybridized carbons (Fsp3) is 0.588. The van der Waals surface area contributed by atoms with Gasteiger partial charge in [-0.1, -0.05) is 30.3 Å². The molecule has 3 rings (SSSR count). The van der Waals surface area contributed by atoms with Crippen molar-refractivity contribution in [3.63, 3.8) is 0 Å². The van der Waals surface area contributed by atoms with Gasteiger partial charge in [0.25, 0.3) is 0 Å². The van der Waals surface area contributed by atoms with Gasteiger partial charge in [0.05, 0.1) is 0 Å². The third-order valence-corrected chi connectivity index (χ3v) is 5.08. The highest BCUT2D eigenvalue weighted by Crippen LogP contribution is 2.48. The van der Waals surface area contributed by atoms with Gasteiger partial charge < -0.3 is 5.73 Å². The number of ketones is 1. The number of carbonyl (C=O) groups excluding carboxylic acids is 1. The monoisotopic (exact) mass is 257 g/mol. The van der Waals surface area contributed by atoms with Crippen molar-refractivity contribution in [3.8, 4) is 0 Å². The smallest absolute Gasteiger partial charge is 0.137 e. The number of benzene rings is 1. The number of fused-ring (bicyclic) bond motifs is 2. The molecule has 0 aliphatic heterocycles. The van der Waals surface area contributed by atoms with Crippen molar-refractivity contribution >= 4 is 5.78 Å². The third-order valence-electron chi connectivity index (χ3n) is 5.08. The molecule has 102 valence electrons. The van der Waals surface area contributed by atoms with Crippen LogP contribution in [0.2, 0.25) is 0 Å². The minimum absolute atomic E-state index is 0.156. The van der Waals surface area contributed by atoms with E-state index in [-0.39, 0.29) is 12.0 Å². The fourth-order valence-electron chi connectivity index (χ4n) is 4.09. The molecule has 0 spiro atoms. The van der Waals surface area contributed by atoms with Crippen molar-refractivity contribution in [2.24, 2.45) is 23.5 Å². The molecule has 2 nitrogen and oxygen atoms in total. The van der Waals surface area contributed by atoms with Gasteiger partial charge in [-0.15, -0.1) is 0 Å². The van der Waals surface area contributed by atoms with E-state index in [1.165, 1.54) is 24.8 Å². The molecule has 19 heavy (non-hydrogen) atoms. The summed E-state index contributed by atoms with van der Waals surface area (Å²) in [5.74, 6) is 1.84. The van der Waals surface area contributed by atoms with Crippen molar-refractivity contribution in [2.75, 3.05) is 0 Å². The average molecular weight is 257 g/mol. The number of rotatable bonds is 5. The summed E-state index contributed by atoms with van der Waals surface area (Å²) < 4.78 is 0. The summed E-state index contributed by atoms with van der Waals surface area (Å²) in [6.45, 7) is 0. The summed E-state index contributed by atoms with van der Waals surface area (Å²) in [4.78, 5) is 12.4. The molecule has 2 fully saturated rings. The van der Waals surface area contributed by atoms with Crippen molar-refractivity contribution < 1.29 is 4.79 Å². The van der Waals surface area contributed by atoms with Crippen LogP contribution in [0.3, 0.4) is 0 Å². The molecular formula is C17H23NO. The highest BCUT2D eigenvalue weighted by Gasteiger charge is 2.48. The molecule has 2 bridgehead atoms. The van der Waals surface area contributed by atoms with E-state index in [1.54, 1.807) is 0 Å². The standard InChI is InChI=1S/C17H23NO/c18-17-14-10-9-13(11-14)16(17)15(19)8-4-7-12-5-2-1-3-6-12/h1-3,5-6,13-14,16-17H,4,7-11,18H2. The Morgan fingerprint density at radius 2 is 1.89 bits per heavy atom. The van der Waals surface area contributed by atoms with E-state index >= 15 is 0 Å². The highest BCUT2D eigenvalue weighted by molar-refractivity contribution is 5.82. The van der Waals surface area contributed by atoms with Crippen molar-refractivity contribution in [2.45, 2.75) is 44.6 Å². The van der Waals surface area contributed by atoms with E-state index in [4.69, 9.17) is 5.73 Å². The van der Waals surface area contributed by atoms with Crippen LogP contribution in [0, 0.1) is 17.8 Å². The van der Waals surface area contributed by atoms with E-state index in [0.29, 0.717) is 24.0 Å². The minimum Gasteiger partial charge on any atom is -0.327 e. The lowest BCUT2D eigenvalue weighted by Gasteiger charge is -2.26. The van der Waals surface area contributed by atoms with Crippen molar-refractivity contribution in [1.29, 1.82) is 0 Å². The van der Waals surface area contributed by atoms with Crippen LogP contribution in [0.5, 0.6) is 0 Å². The van der Waals surface area contributed by atoms with Gasteiger partial charge in [0.15, 0.2) is 0 Å². The van der Waals surface area contributed by atoms with Crippen LogP contribution in [0.4, 0.5) is 0 Å². The van der Waals surface area contributed by atoms with Crippen LogP contribution < -0.4 is 5.73 Å². The van der Waals surface area contributed by atoms with Crippen molar-refractivity contribution in [1.82, 2.24) is 0 Å². The zero-order valence-electron chi connectivity index (χ0n) is 11.4. The summed E-state index contributed by atoms with van der Waals surface area (Å²) in [5.41, 5.74) is 7.55. The Kier molecular flexibility index (Phi) is 3.69. The molecule has 2 aliphatic carbocycles. The number of nitrogens with two attached hydrogens (primary N) is 1. The third kappa shape index (κ3) is 2.59. The maximum absolute atomic E-state index is 12.4. The van der Waals surface area contributed by atoms with Crippen LogP contribution in [0.1, 0.15) is 37.7 Å². The summed E-state index contributed by atoms with van der Waals surface area (Å²) >= 11 is 0. The Hall–Kier alpha value is -1.15. The largest absolute Gasteiger partial charge is 0.327 e. The summed E-state index contributed by atoms with van der Waals surface area (Å²) in [6.07, 6.45) is 6.35. The molecule has 2 aliphatic rings. The molecule has 0 aromatic heterocycles. The molecule has 1 aromatic rings. The van der Waals surface area contributed by atoms with Gasteiger partial charge >= 0.3 is 0 Å².